The number of fused-ring (bicyclic) bond motifs is 1. The first kappa shape index (κ1) is 15.9. The fourth-order valence-corrected chi connectivity index (χ4v) is 3.64. The molecule has 1 aromatic heterocycles. The number of hydrogen-bond donors (Lipinski definition) is 1. The van der Waals surface area contributed by atoms with E-state index in [1.807, 2.05) is 0 Å². The van der Waals surface area contributed by atoms with Crippen molar-refractivity contribution in [1.29, 1.82) is 0 Å². The fraction of sp³-hybridized carbons (Fsp3) is 0.474. The smallest absolute Gasteiger partial charge is 0.136 e. The molecule has 0 radical (unpaired) electrons. The van der Waals surface area contributed by atoms with Crippen molar-refractivity contribution in [2.24, 2.45) is 0 Å². The van der Waals surface area contributed by atoms with Crippen LogP contribution in [0, 0.1) is 0 Å². The van der Waals surface area contributed by atoms with Gasteiger partial charge in [-0.1, -0.05) is 22.0 Å². The maximum absolute atomic E-state index is 4.88. The third-order valence-electron chi connectivity index (χ3n) is 4.61. The average molecular weight is 387 g/mol. The molecule has 1 aliphatic heterocycles. The summed E-state index contributed by atoms with van der Waals surface area (Å²) >= 11 is 3.59. The van der Waals surface area contributed by atoms with Crippen LogP contribution in [0.5, 0.6) is 0 Å². The highest BCUT2D eigenvalue weighted by molar-refractivity contribution is 9.10. The Bertz CT molecular complexity index is 755. The summed E-state index contributed by atoms with van der Waals surface area (Å²) in [5, 5.41) is 3.45. The number of nitrogens with zero attached hydrogens (tertiary/aromatic N) is 3. The van der Waals surface area contributed by atoms with Crippen LogP contribution in [0.4, 0.5) is 11.6 Å². The van der Waals surface area contributed by atoms with Crippen molar-refractivity contribution < 1.29 is 0 Å². The summed E-state index contributed by atoms with van der Waals surface area (Å²) in [4.78, 5) is 12.0. The molecule has 2 heterocycles. The van der Waals surface area contributed by atoms with E-state index < -0.39 is 0 Å². The second-order valence-corrected chi connectivity index (χ2v) is 8.04. The van der Waals surface area contributed by atoms with Crippen molar-refractivity contribution in [1.82, 2.24) is 9.97 Å². The zero-order valence-electron chi connectivity index (χ0n) is 14.2. The van der Waals surface area contributed by atoms with Crippen molar-refractivity contribution in [3.8, 4) is 0 Å². The minimum atomic E-state index is 0.373. The molecule has 4 rings (SSSR count). The van der Waals surface area contributed by atoms with Gasteiger partial charge in [0, 0.05) is 35.6 Å². The first-order chi connectivity index (χ1) is 11.6. The Morgan fingerprint density at radius 2 is 2.00 bits per heavy atom. The van der Waals surface area contributed by atoms with Crippen LogP contribution in [0.25, 0.3) is 0 Å². The van der Waals surface area contributed by atoms with Crippen molar-refractivity contribution in [3.05, 3.63) is 45.7 Å². The van der Waals surface area contributed by atoms with Gasteiger partial charge in [-0.2, -0.15) is 0 Å². The molecule has 2 aliphatic rings. The summed E-state index contributed by atoms with van der Waals surface area (Å²) in [5.41, 5.74) is 2.84. The molecular formula is C19H23BrN4. The minimum absolute atomic E-state index is 0.373. The zero-order valence-corrected chi connectivity index (χ0v) is 15.8. The Labute approximate surface area is 151 Å². The number of rotatable bonds is 4. The molecule has 5 heteroatoms. The van der Waals surface area contributed by atoms with Gasteiger partial charge in [0.25, 0.3) is 0 Å². The summed E-state index contributed by atoms with van der Waals surface area (Å²) in [6.45, 7) is 6.22. The first-order valence-electron chi connectivity index (χ1n) is 8.76. The van der Waals surface area contributed by atoms with Gasteiger partial charge in [-0.25, -0.2) is 9.97 Å². The molecule has 1 saturated carbocycles. The lowest BCUT2D eigenvalue weighted by Gasteiger charge is -2.30. The second-order valence-electron chi connectivity index (χ2n) is 7.13. The van der Waals surface area contributed by atoms with Gasteiger partial charge < -0.3 is 10.2 Å². The summed E-state index contributed by atoms with van der Waals surface area (Å²) in [5.74, 6) is 3.58. The Morgan fingerprint density at radius 3 is 2.75 bits per heavy atom. The first-order valence-corrected chi connectivity index (χ1v) is 9.55. The van der Waals surface area contributed by atoms with Crippen molar-refractivity contribution in [2.75, 3.05) is 16.8 Å². The van der Waals surface area contributed by atoms with Crippen LogP contribution in [-0.4, -0.2) is 22.6 Å². The van der Waals surface area contributed by atoms with E-state index >= 15 is 0 Å². The zero-order chi connectivity index (χ0) is 16.7. The molecule has 4 nitrogen and oxygen atoms in total. The third-order valence-corrected chi connectivity index (χ3v) is 5.11. The molecule has 2 aromatic rings. The SMILES string of the molecule is CC(C)Nc1cc(N2CCc3ccc(Br)cc3C2)nc(C2CC2)n1. The molecule has 0 saturated heterocycles. The predicted molar refractivity (Wildman–Crippen MR) is 102 cm³/mol. The monoisotopic (exact) mass is 386 g/mol. The molecule has 1 aromatic carbocycles. The van der Waals surface area contributed by atoms with Gasteiger partial charge in [-0.15, -0.1) is 0 Å². The Balaban J connectivity index is 1.64. The number of hydrogen-bond acceptors (Lipinski definition) is 4. The molecule has 1 aliphatic carbocycles. The van der Waals surface area contributed by atoms with E-state index in [2.05, 4.69) is 64.3 Å². The van der Waals surface area contributed by atoms with Crippen LogP contribution in [-0.2, 0) is 13.0 Å². The molecule has 0 bridgehead atoms. The summed E-state index contributed by atoms with van der Waals surface area (Å²) in [7, 11) is 0. The van der Waals surface area contributed by atoms with Crippen LogP contribution in [0.3, 0.4) is 0 Å². The van der Waals surface area contributed by atoms with E-state index in [1.165, 1.54) is 24.0 Å². The molecule has 1 fully saturated rings. The Morgan fingerprint density at radius 1 is 1.17 bits per heavy atom. The fourth-order valence-electron chi connectivity index (χ4n) is 3.23. The molecule has 0 unspecified atom stereocenters. The predicted octanol–water partition coefficient (Wildman–Crippen LogP) is 4.50. The van der Waals surface area contributed by atoms with E-state index in [0.29, 0.717) is 12.0 Å². The maximum Gasteiger partial charge on any atom is 0.136 e. The van der Waals surface area contributed by atoms with Crippen molar-refractivity contribution >= 4 is 27.6 Å². The Kier molecular flexibility index (Phi) is 4.21. The minimum Gasteiger partial charge on any atom is -0.368 e. The van der Waals surface area contributed by atoms with Crippen LogP contribution < -0.4 is 10.2 Å². The highest BCUT2D eigenvalue weighted by atomic mass is 79.9. The summed E-state index contributed by atoms with van der Waals surface area (Å²) in [6, 6.07) is 9.08. The number of anilines is 2. The second kappa shape index (κ2) is 6.36. The van der Waals surface area contributed by atoms with E-state index in [1.54, 1.807) is 0 Å². The number of benzene rings is 1. The molecule has 0 atom stereocenters. The lowest BCUT2D eigenvalue weighted by atomic mass is 10.00. The number of aromatic nitrogens is 2. The normalized spacial score (nSPS) is 17.1. The maximum atomic E-state index is 4.88. The van der Waals surface area contributed by atoms with Gasteiger partial charge in [0.05, 0.1) is 0 Å². The summed E-state index contributed by atoms with van der Waals surface area (Å²) in [6.07, 6.45) is 3.51. The molecule has 1 N–H and O–H groups in total. The third kappa shape index (κ3) is 3.41. The van der Waals surface area contributed by atoms with Crippen LogP contribution in [0.1, 0.15) is 49.6 Å². The van der Waals surface area contributed by atoms with Gasteiger partial charge in [0.1, 0.15) is 17.5 Å². The standard InChI is InChI=1S/C19H23BrN4/c1-12(2)21-17-10-18(23-19(22-17)14-3-4-14)24-8-7-13-5-6-16(20)9-15(13)11-24/h5-6,9-10,12,14H,3-4,7-8,11H2,1-2H3,(H,21,22,23). The van der Waals surface area contributed by atoms with Crippen LogP contribution in [0.15, 0.2) is 28.7 Å². The van der Waals surface area contributed by atoms with Gasteiger partial charge >= 0.3 is 0 Å². The van der Waals surface area contributed by atoms with E-state index in [0.717, 1.165) is 41.4 Å². The van der Waals surface area contributed by atoms with Crippen LogP contribution in [0.2, 0.25) is 0 Å². The lowest BCUT2D eigenvalue weighted by Crippen LogP contribution is -2.31. The lowest BCUT2D eigenvalue weighted by molar-refractivity contribution is 0.713. The highest BCUT2D eigenvalue weighted by Crippen LogP contribution is 2.39. The van der Waals surface area contributed by atoms with Crippen LogP contribution >= 0.6 is 15.9 Å². The Hall–Kier alpha value is -1.62. The van der Waals surface area contributed by atoms with Gasteiger partial charge in [0.15, 0.2) is 0 Å². The quantitative estimate of drug-likeness (QED) is 0.839. The molecule has 0 spiro atoms. The molecule has 126 valence electrons. The molecular weight excluding hydrogens is 364 g/mol. The van der Waals surface area contributed by atoms with Gasteiger partial charge in [-0.3, -0.25) is 0 Å². The number of nitrogens with one attached hydrogen (secondary N) is 1. The van der Waals surface area contributed by atoms with E-state index in [-0.39, 0.29) is 0 Å². The number of halogens is 1. The molecule has 24 heavy (non-hydrogen) atoms. The molecule has 0 amide bonds. The highest BCUT2D eigenvalue weighted by Gasteiger charge is 2.28. The van der Waals surface area contributed by atoms with Crippen molar-refractivity contribution in [3.63, 3.8) is 0 Å². The topological polar surface area (TPSA) is 41.0 Å². The average Bonchev–Trinajstić information content (AvgIpc) is 3.38. The van der Waals surface area contributed by atoms with E-state index in [9.17, 15) is 0 Å². The van der Waals surface area contributed by atoms with E-state index in [4.69, 9.17) is 9.97 Å². The largest absolute Gasteiger partial charge is 0.368 e. The van der Waals surface area contributed by atoms with Crippen molar-refractivity contribution in [2.45, 2.75) is 51.6 Å². The van der Waals surface area contributed by atoms with Gasteiger partial charge in [0.2, 0.25) is 0 Å². The van der Waals surface area contributed by atoms with Gasteiger partial charge in [-0.05, 0) is 56.4 Å². The summed E-state index contributed by atoms with van der Waals surface area (Å²) < 4.78 is 1.15.